The van der Waals surface area contributed by atoms with Crippen LogP contribution in [0.1, 0.15) is 0 Å². The van der Waals surface area contributed by atoms with Crippen molar-refractivity contribution in [3.8, 4) is 22.4 Å². The fourth-order valence-electron chi connectivity index (χ4n) is 2.29. The van der Waals surface area contributed by atoms with Gasteiger partial charge in [0.1, 0.15) is 0 Å². The van der Waals surface area contributed by atoms with Crippen LogP contribution >= 0.6 is 11.3 Å². The molecule has 0 aliphatic rings. The fourth-order valence-corrected chi connectivity index (χ4v) is 2.94. The highest BCUT2D eigenvalue weighted by Gasteiger charge is 2.13. The van der Waals surface area contributed by atoms with Crippen molar-refractivity contribution in [3.63, 3.8) is 0 Å². The third-order valence-electron chi connectivity index (χ3n) is 3.31. The standard InChI is InChI=1S/C15H10N4OS/c20-15-11(10-4-6-21-9-10)7-17-14-12(8-18-19(14)15)13-3-1-2-5-16-13/h1-9,18H. The first-order valence-electron chi connectivity index (χ1n) is 6.38. The quantitative estimate of drug-likeness (QED) is 0.618. The normalized spacial score (nSPS) is 11.0. The number of pyridine rings is 1. The van der Waals surface area contributed by atoms with Gasteiger partial charge >= 0.3 is 0 Å². The van der Waals surface area contributed by atoms with Crippen LogP contribution < -0.4 is 5.56 Å². The molecule has 4 aromatic heterocycles. The molecule has 102 valence electrons. The van der Waals surface area contributed by atoms with E-state index in [4.69, 9.17) is 0 Å². The highest BCUT2D eigenvalue weighted by atomic mass is 32.1. The summed E-state index contributed by atoms with van der Waals surface area (Å²) in [4.78, 5) is 21.3. The van der Waals surface area contributed by atoms with Crippen molar-refractivity contribution in [1.29, 1.82) is 0 Å². The lowest BCUT2D eigenvalue weighted by atomic mass is 10.2. The predicted molar refractivity (Wildman–Crippen MR) is 82.4 cm³/mol. The van der Waals surface area contributed by atoms with E-state index in [1.54, 1.807) is 29.9 Å². The van der Waals surface area contributed by atoms with Crippen LogP contribution in [0.15, 0.2) is 58.4 Å². The Morgan fingerprint density at radius 3 is 2.86 bits per heavy atom. The maximum atomic E-state index is 12.5. The van der Waals surface area contributed by atoms with Crippen LogP contribution in [0.25, 0.3) is 28.0 Å². The van der Waals surface area contributed by atoms with E-state index in [2.05, 4.69) is 15.1 Å². The van der Waals surface area contributed by atoms with Gasteiger partial charge in [0, 0.05) is 18.6 Å². The molecule has 0 aliphatic carbocycles. The summed E-state index contributed by atoms with van der Waals surface area (Å²) in [6.45, 7) is 0. The summed E-state index contributed by atoms with van der Waals surface area (Å²) in [5.74, 6) is 0. The molecule has 6 heteroatoms. The summed E-state index contributed by atoms with van der Waals surface area (Å²) in [7, 11) is 0. The summed E-state index contributed by atoms with van der Waals surface area (Å²) in [6, 6.07) is 7.57. The zero-order chi connectivity index (χ0) is 14.2. The summed E-state index contributed by atoms with van der Waals surface area (Å²) >= 11 is 1.55. The lowest BCUT2D eigenvalue weighted by Crippen LogP contribution is -2.16. The third-order valence-corrected chi connectivity index (χ3v) is 4.00. The zero-order valence-electron chi connectivity index (χ0n) is 10.9. The van der Waals surface area contributed by atoms with Gasteiger partial charge in [-0.25, -0.2) is 9.50 Å². The molecule has 0 bridgehead atoms. The Balaban J connectivity index is 1.96. The molecule has 21 heavy (non-hydrogen) atoms. The molecule has 4 rings (SSSR count). The van der Waals surface area contributed by atoms with Gasteiger partial charge in [-0.15, -0.1) is 0 Å². The molecule has 0 saturated heterocycles. The summed E-state index contributed by atoms with van der Waals surface area (Å²) < 4.78 is 1.46. The number of aromatic amines is 1. The number of hydrogen-bond acceptors (Lipinski definition) is 4. The number of thiophene rings is 1. The largest absolute Gasteiger partial charge is 0.296 e. The molecule has 0 aliphatic heterocycles. The first kappa shape index (κ1) is 12.0. The third kappa shape index (κ3) is 1.88. The van der Waals surface area contributed by atoms with Gasteiger partial charge in [0.05, 0.1) is 16.8 Å². The molecule has 0 unspecified atom stereocenters. The summed E-state index contributed by atoms with van der Waals surface area (Å²) in [6.07, 6.45) is 5.10. The SMILES string of the molecule is O=c1c(-c2ccsc2)cnc2c(-c3ccccn3)c[nH]n12. The molecule has 0 amide bonds. The van der Waals surface area contributed by atoms with Crippen LogP contribution in [-0.2, 0) is 0 Å². The molecule has 1 N–H and O–H groups in total. The van der Waals surface area contributed by atoms with Crippen LogP contribution in [-0.4, -0.2) is 19.6 Å². The molecule has 0 atom stereocenters. The van der Waals surface area contributed by atoms with Crippen LogP contribution in [0.3, 0.4) is 0 Å². The zero-order valence-corrected chi connectivity index (χ0v) is 11.7. The predicted octanol–water partition coefficient (Wildman–Crippen LogP) is 2.81. The Labute approximate surface area is 123 Å². The monoisotopic (exact) mass is 294 g/mol. The second-order valence-electron chi connectivity index (χ2n) is 4.55. The molecule has 0 spiro atoms. The van der Waals surface area contributed by atoms with Gasteiger partial charge in [-0.2, -0.15) is 11.3 Å². The van der Waals surface area contributed by atoms with Gasteiger partial charge in [-0.05, 0) is 34.5 Å². The molecule has 0 aromatic carbocycles. The van der Waals surface area contributed by atoms with Gasteiger partial charge < -0.3 is 0 Å². The highest BCUT2D eigenvalue weighted by molar-refractivity contribution is 7.08. The molecular weight excluding hydrogens is 284 g/mol. The summed E-state index contributed by atoms with van der Waals surface area (Å²) in [5.41, 5.74) is 3.54. The average Bonchev–Trinajstić information content (AvgIpc) is 3.18. The van der Waals surface area contributed by atoms with Gasteiger partial charge in [0.15, 0.2) is 5.65 Å². The smallest absolute Gasteiger partial charge is 0.280 e. The molecule has 0 radical (unpaired) electrons. The van der Waals surface area contributed by atoms with Gasteiger partial charge in [-0.3, -0.25) is 14.9 Å². The maximum absolute atomic E-state index is 12.5. The molecule has 4 heterocycles. The van der Waals surface area contributed by atoms with Crippen LogP contribution in [0.2, 0.25) is 0 Å². The van der Waals surface area contributed by atoms with E-state index in [0.29, 0.717) is 11.2 Å². The number of nitrogens with zero attached hydrogens (tertiary/aromatic N) is 3. The lowest BCUT2D eigenvalue weighted by molar-refractivity contribution is 0.902. The minimum absolute atomic E-state index is 0.111. The van der Waals surface area contributed by atoms with Crippen LogP contribution in [0, 0.1) is 0 Å². The number of nitrogens with one attached hydrogen (secondary N) is 1. The minimum atomic E-state index is -0.111. The van der Waals surface area contributed by atoms with Gasteiger partial charge in [0.2, 0.25) is 0 Å². The number of hydrogen-bond donors (Lipinski definition) is 1. The second kappa shape index (κ2) is 4.68. The van der Waals surface area contributed by atoms with E-state index in [0.717, 1.165) is 16.8 Å². The Bertz CT molecular complexity index is 954. The first-order chi connectivity index (χ1) is 10.3. The van der Waals surface area contributed by atoms with Crippen molar-refractivity contribution in [3.05, 3.63) is 64.0 Å². The Morgan fingerprint density at radius 2 is 2.10 bits per heavy atom. The van der Waals surface area contributed by atoms with Crippen molar-refractivity contribution >= 4 is 17.0 Å². The number of fused-ring (bicyclic) bond motifs is 1. The molecular formula is C15H10N4OS. The molecule has 5 nitrogen and oxygen atoms in total. The Kier molecular flexibility index (Phi) is 2.68. The number of rotatable bonds is 2. The topological polar surface area (TPSA) is 63.0 Å². The minimum Gasteiger partial charge on any atom is -0.296 e. The van der Waals surface area contributed by atoms with E-state index < -0.39 is 0 Å². The van der Waals surface area contributed by atoms with Gasteiger partial charge in [-0.1, -0.05) is 6.07 Å². The van der Waals surface area contributed by atoms with E-state index in [1.165, 1.54) is 4.52 Å². The van der Waals surface area contributed by atoms with Crippen molar-refractivity contribution < 1.29 is 0 Å². The molecule has 0 fully saturated rings. The van der Waals surface area contributed by atoms with E-state index in [1.807, 2.05) is 35.0 Å². The van der Waals surface area contributed by atoms with Gasteiger partial charge in [0.25, 0.3) is 5.56 Å². The van der Waals surface area contributed by atoms with E-state index >= 15 is 0 Å². The maximum Gasteiger partial charge on any atom is 0.280 e. The molecule has 0 saturated carbocycles. The second-order valence-corrected chi connectivity index (χ2v) is 5.33. The van der Waals surface area contributed by atoms with Crippen molar-refractivity contribution in [2.75, 3.05) is 0 Å². The summed E-state index contributed by atoms with van der Waals surface area (Å²) in [5, 5.41) is 6.84. The lowest BCUT2D eigenvalue weighted by Gasteiger charge is -2.00. The van der Waals surface area contributed by atoms with Crippen molar-refractivity contribution in [2.24, 2.45) is 0 Å². The Morgan fingerprint density at radius 1 is 1.14 bits per heavy atom. The number of H-pyrrole nitrogens is 1. The van der Waals surface area contributed by atoms with E-state index in [9.17, 15) is 4.79 Å². The van der Waals surface area contributed by atoms with E-state index in [-0.39, 0.29) is 5.56 Å². The van der Waals surface area contributed by atoms with Crippen molar-refractivity contribution in [2.45, 2.75) is 0 Å². The number of aromatic nitrogens is 4. The Hall–Kier alpha value is -2.73. The molecule has 4 aromatic rings. The highest BCUT2D eigenvalue weighted by Crippen LogP contribution is 2.22. The average molecular weight is 294 g/mol. The first-order valence-corrected chi connectivity index (χ1v) is 7.32. The van der Waals surface area contributed by atoms with Crippen molar-refractivity contribution in [1.82, 2.24) is 19.6 Å². The van der Waals surface area contributed by atoms with Crippen LogP contribution in [0.5, 0.6) is 0 Å². The fraction of sp³-hybridized carbons (Fsp3) is 0. The van der Waals surface area contributed by atoms with Crippen LogP contribution in [0.4, 0.5) is 0 Å².